The molecule has 0 aromatic carbocycles. The van der Waals surface area contributed by atoms with Crippen molar-refractivity contribution in [1.82, 2.24) is 10.3 Å². The van der Waals surface area contributed by atoms with Crippen LogP contribution in [-0.2, 0) is 0 Å². The number of hydrogen-bond donors (Lipinski definition) is 1. The molecule has 21 heavy (non-hydrogen) atoms. The SMILES string of the molecule is CCC(NC(C)c1cnc2ccsc2c1)C1CCCCC1. The smallest absolute Gasteiger partial charge is 0.0809 e. The highest BCUT2D eigenvalue weighted by molar-refractivity contribution is 7.17. The summed E-state index contributed by atoms with van der Waals surface area (Å²) in [7, 11) is 0. The highest BCUT2D eigenvalue weighted by Crippen LogP contribution is 2.29. The fourth-order valence-corrected chi connectivity index (χ4v) is 4.43. The van der Waals surface area contributed by atoms with Gasteiger partial charge in [-0.15, -0.1) is 11.3 Å². The maximum Gasteiger partial charge on any atom is 0.0809 e. The molecule has 0 saturated heterocycles. The van der Waals surface area contributed by atoms with Gasteiger partial charge in [0.2, 0.25) is 0 Å². The molecule has 2 unspecified atom stereocenters. The molecule has 1 fully saturated rings. The highest BCUT2D eigenvalue weighted by atomic mass is 32.1. The van der Waals surface area contributed by atoms with Crippen molar-refractivity contribution in [2.45, 2.75) is 64.5 Å². The number of thiophene rings is 1. The zero-order valence-corrected chi connectivity index (χ0v) is 14.0. The van der Waals surface area contributed by atoms with E-state index in [-0.39, 0.29) is 0 Å². The van der Waals surface area contributed by atoms with Crippen LogP contribution in [0.25, 0.3) is 10.2 Å². The first-order valence-corrected chi connectivity index (χ1v) is 9.25. The molecule has 0 aliphatic heterocycles. The van der Waals surface area contributed by atoms with E-state index >= 15 is 0 Å². The highest BCUT2D eigenvalue weighted by Gasteiger charge is 2.23. The molecule has 2 aromatic heterocycles. The summed E-state index contributed by atoms with van der Waals surface area (Å²) >= 11 is 1.78. The monoisotopic (exact) mass is 302 g/mol. The summed E-state index contributed by atoms with van der Waals surface area (Å²) in [6, 6.07) is 5.44. The Morgan fingerprint density at radius 3 is 2.90 bits per heavy atom. The van der Waals surface area contributed by atoms with Crippen LogP contribution in [-0.4, -0.2) is 11.0 Å². The molecule has 2 nitrogen and oxygen atoms in total. The van der Waals surface area contributed by atoms with Crippen molar-refractivity contribution < 1.29 is 0 Å². The summed E-state index contributed by atoms with van der Waals surface area (Å²) in [5.74, 6) is 0.865. The summed E-state index contributed by atoms with van der Waals surface area (Å²) in [5.41, 5.74) is 2.44. The minimum atomic E-state index is 0.385. The van der Waals surface area contributed by atoms with E-state index in [1.807, 2.05) is 6.20 Å². The van der Waals surface area contributed by atoms with E-state index in [1.54, 1.807) is 11.3 Å². The number of nitrogens with zero attached hydrogens (tertiary/aromatic N) is 1. The second-order valence-electron chi connectivity index (χ2n) is 6.37. The van der Waals surface area contributed by atoms with Gasteiger partial charge in [0, 0.05) is 18.3 Å². The summed E-state index contributed by atoms with van der Waals surface area (Å²) in [6.45, 7) is 4.60. The molecule has 1 saturated carbocycles. The van der Waals surface area contributed by atoms with Crippen LogP contribution < -0.4 is 5.32 Å². The van der Waals surface area contributed by atoms with Crippen molar-refractivity contribution in [1.29, 1.82) is 0 Å². The van der Waals surface area contributed by atoms with Gasteiger partial charge in [0.05, 0.1) is 10.2 Å². The van der Waals surface area contributed by atoms with Crippen LogP contribution in [0.5, 0.6) is 0 Å². The fraction of sp³-hybridized carbons (Fsp3) is 0.611. The van der Waals surface area contributed by atoms with Gasteiger partial charge in [-0.05, 0) is 55.2 Å². The average Bonchev–Trinajstić information content (AvgIpc) is 3.00. The second-order valence-corrected chi connectivity index (χ2v) is 7.32. The van der Waals surface area contributed by atoms with E-state index in [0.717, 1.165) is 11.4 Å². The summed E-state index contributed by atoms with van der Waals surface area (Å²) in [6.07, 6.45) is 10.3. The van der Waals surface area contributed by atoms with Gasteiger partial charge in [0.1, 0.15) is 0 Å². The van der Waals surface area contributed by atoms with Crippen LogP contribution in [0.4, 0.5) is 0 Å². The lowest BCUT2D eigenvalue weighted by molar-refractivity contribution is 0.249. The van der Waals surface area contributed by atoms with Crippen LogP contribution >= 0.6 is 11.3 Å². The first kappa shape index (κ1) is 15.0. The standard InChI is InChI=1S/C18H26N2S/c1-3-16(14-7-5-4-6-8-14)20-13(2)15-11-18-17(19-12-15)9-10-21-18/h9-14,16,20H,3-8H2,1-2H3. The maximum absolute atomic E-state index is 4.58. The van der Waals surface area contributed by atoms with Crippen molar-refractivity contribution in [2.75, 3.05) is 0 Å². The van der Waals surface area contributed by atoms with Gasteiger partial charge < -0.3 is 5.32 Å². The molecule has 1 N–H and O–H groups in total. The summed E-state index contributed by atoms with van der Waals surface area (Å²) in [4.78, 5) is 4.58. The molecule has 1 aliphatic rings. The molecule has 114 valence electrons. The fourth-order valence-electron chi connectivity index (χ4n) is 3.64. The Hall–Kier alpha value is -0.930. The number of hydrogen-bond acceptors (Lipinski definition) is 3. The predicted octanol–water partition coefficient (Wildman–Crippen LogP) is 5.31. The van der Waals surface area contributed by atoms with Crippen LogP contribution in [0.3, 0.4) is 0 Å². The molecular weight excluding hydrogens is 276 g/mol. The molecule has 3 rings (SSSR count). The van der Waals surface area contributed by atoms with E-state index in [2.05, 4.69) is 41.7 Å². The second kappa shape index (κ2) is 6.89. The number of fused-ring (bicyclic) bond motifs is 1. The molecule has 0 radical (unpaired) electrons. The van der Waals surface area contributed by atoms with Gasteiger partial charge in [0.25, 0.3) is 0 Å². The lowest BCUT2D eigenvalue weighted by Crippen LogP contribution is -2.38. The Bertz CT molecular complexity index is 571. The Kier molecular flexibility index (Phi) is 4.91. The molecule has 0 amide bonds. The van der Waals surface area contributed by atoms with Gasteiger partial charge in [-0.25, -0.2) is 0 Å². The molecular formula is C18H26N2S. The first-order valence-electron chi connectivity index (χ1n) is 8.37. The van der Waals surface area contributed by atoms with Gasteiger partial charge >= 0.3 is 0 Å². The van der Waals surface area contributed by atoms with Gasteiger partial charge in [-0.2, -0.15) is 0 Å². The minimum Gasteiger partial charge on any atom is -0.307 e. The quantitative estimate of drug-likeness (QED) is 0.810. The topological polar surface area (TPSA) is 24.9 Å². The first-order chi connectivity index (χ1) is 10.3. The van der Waals surface area contributed by atoms with E-state index < -0.39 is 0 Å². The third-order valence-electron chi connectivity index (χ3n) is 4.95. The zero-order valence-electron chi connectivity index (χ0n) is 13.1. The Labute approximate surface area is 132 Å². The van der Waals surface area contributed by atoms with Crippen LogP contribution in [0, 0.1) is 5.92 Å². The number of pyridine rings is 1. The lowest BCUT2D eigenvalue weighted by atomic mass is 9.82. The molecule has 2 atom stereocenters. The van der Waals surface area contributed by atoms with Crippen LogP contribution in [0.2, 0.25) is 0 Å². The van der Waals surface area contributed by atoms with Crippen molar-refractivity contribution in [3.8, 4) is 0 Å². The van der Waals surface area contributed by atoms with E-state index in [9.17, 15) is 0 Å². The normalized spacial score (nSPS) is 19.7. The summed E-state index contributed by atoms with van der Waals surface area (Å²) in [5, 5.41) is 6.00. The minimum absolute atomic E-state index is 0.385. The van der Waals surface area contributed by atoms with Gasteiger partial charge in [-0.1, -0.05) is 26.2 Å². The Balaban J connectivity index is 1.69. The molecule has 2 heterocycles. The number of nitrogens with one attached hydrogen (secondary N) is 1. The molecule has 0 spiro atoms. The lowest BCUT2D eigenvalue weighted by Gasteiger charge is -2.32. The average molecular weight is 302 g/mol. The molecule has 1 aliphatic carbocycles. The van der Waals surface area contributed by atoms with E-state index in [1.165, 1.54) is 48.8 Å². The maximum atomic E-state index is 4.58. The van der Waals surface area contributed by atoms with E-state index in [0.29, 0.717) is 12.1 Å². The largest absolute Gasteiger partial charge is 0.307 e. The molecule has 0 bridgehead atoms. The predicted molar refractivity (Wildman–Crippen MR) is 91.8 cm³/mol. The van der Waals surface area contributed by atoms with Gasteiger partial charge in [-0.3, -0.25) is 4.98 Å². The number of rotatable bonds is 5. The number of aromatic nitrogens is 1. The third kappa shape index (κ3) is 3.46. The van der Waals surface area contributed by atoms with Crippen molar-refractivity contribution >= 4 is 21.6 Å². The van der Waals surface area contributed by atoms with Gasteiger partial charge in [0.15, 0.2) is 0 Å². The molecule has 2 aromatic rings. The Morgan fingerprint density at radius 1 is 1.33 bits per heavy atom. The van der Waals surface area contributed by atoms with Crippen LogP contribution in [0.1, 0.15) is 64.0 Å². The van der Waals surface area contributed by atoms with E-state index in [4.69, 9.17) is 0 Å². The third-order valence-corrected chi connectivity index (χ3v) is 5.80. The van der Waals surface area contributed by atoms with Crippen molar-refractivity contribution in [3.05, 3.63) is 29.3 Å². The zero-order chi connectivity index (χ0) is 14.7. The van der Waals surface area contributed by atoms with Crippen molar-refractivity contribution in [2.24, 2.45) is 5.92 Å². The van der Waals surface area contributed by atoms with Crippen molar-refractivity contribution in [3.63, 3.8) is 0 Å². The Morgan fingerprint density at radius 2 is 2.14 bits per heavy atom. The summed E-state index contributed by atoms with van der Waals surface area (Å²) < 4.78 is 1.30. The van der Waals surface area contributed by atoms with Crippen LogP contribution in [0.15, 0.2) is 23.7 Å². The molecule has 3 heteroatoms.